The van der Waals surface area contributed by atoms with E-state index in [1.807, 2.05) is 30.3 Å². The molecule has 2 aromatic rings. The van der Waals surface area contributed by atoms with Crippen molar-refractivity contribution in [1.82, 2.24) is 9.88 Å². The van der Waals surface area contributed by atoms with Crippen molar-refractivity contribution in [3.63, 3.8) is 0 Å². The molecular weight excluding hydrogens is 316 g/mol. The highest BCUT2D eigenvalue weighted by Gasteiger charge is 2.22. The minimum atomic E-state index is -0.375. The van der Waals surface area contributed by atoms with Crippen molar-refractivity contribution < 1.29 is 4.92 Å². The number of hydrogen-bond acceptors (Lipinski definition) is 5. The molecule has 132 valence electrons. The molecule has 1 N–H and O–H groups in total. The van der Waals surface area contributed by atoms with E-state index in [4.69, 9.17) is 0 Å². The Labute approximate surface area is 148 Å². The van der Waals surface area contributed by atoms with E-state index in [2.05, 4.69) is 29.0 Å². The van der Waals surface area contributed by atoms with Crippen LogP contribution in [0.3, 0.4) is 0 Å². The van der Waals surface area contributed by atoms with Crippen LogP contribution in [-0.2, 0) is 0 Å². The molecule has 1 fully saturated rings. The number of nitrogens with zero attached hydrogens (tertiary/aromatic N) is 3. The largest absolute Gasteiger partial charge is 0.367 e. The van der Waals surface area contributed by atoms with E-state index in [1.54, 1.807) is 12.1 Å². The molecule has 0 spiro atoms. The fraction of sp³-hybridized carbons (Fsp3) is 0.421. The Morgan fingerprint density at radius 2 is 1.84 bits per heavy atom. The molecule has 1 aromatic carbocycles. The third-order valence-electron chi connectivity index (χ3n) is 4.73. The second kappa shape index (κ2) is 7.61. The summed E-state index contributed by atoms with van der Waals surface area (Å²) in [5.74, 6) is 0.701. The summed E-state index contributed by atoms with van der Waals surface area (Å²) in [6.45, 7) is 6.57. The van der Waals surface area contributed by atoms with Crippen LogP contribution in [0.4, 0.5) is 11.5 Å². The maximum absolute atomic E-state index is 11.3. The van der Waals surface area contributed by atoms with Crippen molar-refractivity contribution in [1.29, 1.82) is 0 Å². The van der Waals surface area contributed by atoms with Gasteiger partial charge in [0.25, 0.3) is 5.69 Å². The van der Waals surface area contributed by atoms with Crippen LogP contribution in [0.25, 0.3) is 11.3 Å². The molecule has 0 unspecified atom stereocenters. The van der Waals surface area contributed by atoms with Gasteiger partial charge in [0.15, 0.2) is 5.69 Å². The van der Waals surface area contributed by atoms with Gasteiger partial charge in [0.2, 0.25) is 0 Å². The Balaban J connectivity index is 1.78. The highest BCUT2D eigenvalue weighted by atomic mass is 16.6. The third-order valence-corrected chi connectivity index (χ3v) is 4.73. The van der Waals surface area contributed by atoms with Gasteiger partial charge in [-0.3, -0.25) is 10.1 Å². The third kappa shape index (κ3) is 4.14. The number of pyridine rings is 1. The van der Waals surface area contributed by atoms with Gasteiger partial charge in [0.1, 0.15) is 5.82 Å². The average molecular weight is 340 g/mol. The molecular formula is C19H24N4O2. The number of nitro groups is 1. The number of likely N-dealkylation sites (tertiary alicyclic amines) is 1. The Morgan fingerprint density at radius 3 is 2.44 bits per heavy atom. The maximum atomic E-state index is 11.3. The zero-order chi connectivity index (χ0) is 17.8. The lowest BCUT2D eigenvalue weighted by molar-refractivity contribution is -0.384. The average Bonchev–Trinajstić information content (AvgIpc) is 2.62. The fourth-order valence-corrected chi connectivity index (χ4v) is 3.26. The van der Waals surface area contributed by atoms with Gasteiger partial charge in [-0.15, -0.1) is 0 Å². The number of rotatable bonds is 5. The summed E-state index contributed by atoms with van der Waals surface area (Å²) in [6, 6.07) is 13.5. The summed E-state index contributed by atoms with van der Waals surface area (Å²) in [4.78, 5) is 18.0. The number of anilines is 1. The molecule has 0 atom stereocenters. The lowest BCUT2D eigenvalue weighted by Crippen LogP contribution is -2.42. The van der Waals surface area contributed by atoms with E-state index >= 15 is 0 Å². The molecule has 25 heavy (non-hydrogen) atoms. The molecule has 2 heterocycles. The number of piperidine rings is 1. The molecule has 0 saturated carbocycles. The molecule has 6 nitrogen and oxygen atoms in total. The van der Waals surface area contributed by atoms with Crippen LogP contribution in [0.15, 0.2) is 42.5 Å². The lowest BCUT2D eigenvalue weighted by atomic mass is 10.0. The molecule has 1 saturated heterocycles. The van der Waals surface area contributed by atoms with Crippen molar-refractivity contribution in [2.75, 3.05) is 18.4 Å². The number of benzene rings is 1. The van der Waals surface area contributed by atoms with Crippen LogP contribution in [0.2, 0.25) is 0 Å². The molecule has 0 radical (unpaired) electrons. The van der Waals surface area contributed by atoms with Gasteiger partial charge >= 0.3 is 0 Å². The normalized spacial score (nSPS) is 16.1. The Bertz CT molecular complexity index is 725. The molecule has 0 bridgehead atoms. The minimum Gasteiger partial charge on any atom is -0.367 e. The van der Waals surface area contributed by atoms with Crippen molar-refractivity contribution in [2.45, 2.75) is 38.8 Å². The minimum absolute atomic E-state index is 0.0337. The summed E-state index contributed by atoms with van der Waals surface area (Å²) in [7, 11) is 0. The van der Waals surface area contributed by atoms with Crippen LogP contribution in [0.1, 0.15) is 26.7 Å². The van der Waals surface area contributed by atoms with Crippen molar-refractivity contribution >= 4 is 11.5 Å². The van der Waals surface area contributed by atoms with Crippen LogP contribution in [0, 0.1) is 10.1 Å². The quantitative estimate of drug-likeness (QED) is 0.659. The standard InChI is InChI=1S/C19H24N4O2/c1-14(2)22-12-10-16(11-13-22)20-18-9-8-17(23(24)25)19(21-18)15-6-4-3-5-7-15/h3-9,14,16H,10-13H2,1-2H3,(H,20,21). The highest BCUT2D eigenvalue weighted by Crippen LogP contribution is 2.29. The van der Waals surface area contributed by atoms with E-state index in [9.17, 15) is 10.1 Å². The topological polar surface area (TPSA) is 71.3 Å². The van der Waals surface area contributed by atoms with Crippen molar-refractivity contribution in [3.05, 3.63) is 52.6 Å². The van der Waals surface area contributed by atoms with E-state index in [-0.39, 0.29) is 10.6 Å². The Hall–Kier alpha value is -2.47. The summed E-state index contributed by atoms with van der Waals surface area (Å²) >= 11 is 0. The zero-order valence-corrected chi connectivity index (χ0v) is 14.7. The van der Waals surface area contributed by atoms with E-state index in [0.29, 0.717) is 23.6 Å². The van der Waals surface area contributed by atoms with E-state index < -0.39 is 0 Å². The molecule has 0 amide bonds. The van der Waals surface area contributed by atoms with Gasteiger partial charge in [0, 0.05) is 36.8 Å². The monoisotopic (exact) mass is 340 g/mol. The summed E-state index contributed by atoms with van der Waals surface area (Å²) in [6.07, 6.45) is 2.11. The maximum Gasteiger partial charge on any atom is 0.295 e. The number of hydrogen-bond donors (Lipinski definition) is 1. The molecule has 0 aliphatic carbocycles. The van der Waals surface area contributed by atoms with Gasteiger partial charge < -0.3 is 10.2 Å². The smallest absolute Gasteiger partial charge is 0.295 e. The van der Waals surface area contributed by atoms with Crippen LogP contribution in [-0.4, -0.2) is 40.0 Å². The van der Waals surface area contributed by atoms with Gasteiger partial charge in [0.05, 0.1) is 4.92 Å². The predicted octanol–water partition coefficient (Wildman–Crippen LogP) is 3.94. The number of aromatic nitrogens is 1. The van der Waals surface area contributed by atoms with Crippen LogP contribution < -0.4 is 5.32 Å². The summed E-state index contributed by atoms with van der Waals surface area (Å²) < 4.78 is 0. The van der Waals surface area contributed by atoms with Gasteiger partial charge in [-0.05, 0) is 32.8 Å². The van der Waals surface area contributed by atoms with E-state index in [1.165, 1.54) is 0 Å². The molecule has 3 rings (SSSR count). The van der Waals surface area contributed by atoms with Gasteiger partial charge in [-0.1, -0.05) is 30.3 Å². The fourth-order valence-electron chi connectivity index (χ4n) is 3.26. The van der Waals surface area contributed by atoms with Crippen molar-refractivity contribution in [2.24, 2.45) is 0 Å². The summed E-state index contributed by atoms with van der Waals surface area (Å²) in [5, 5.41) is 14.8. The first-order valence-corrected chi connectivity index (χ1v) is 8.76. The van der Waals surface area contributed by atoms with Crippen molar-refractivity contribution in [3.8, 4) is 11.3 Å². The second-order valence-corrected chi connectivity index (χ2v) is 6.74. The molecule has 1 aliphatic heterocycles. The highest BCUT2D eigenvalue weighted by molar-refractivity contribution is 5.71. The SMILES string of the molecule is CC(C)N1CCC(Nc2ccc([N+](=O)[O-])c(-c3ccccc3)n2)CC1. The van der Waals surface area contributed by atoms with E-state index in [0.717, 1.165) is 31.5 Å². The summed E-state index contributed by atoms with van der Waals surface area (Å²) in [5.41, 5.74) is 1.20. The molecule has 1 aliphatic rings. The first-order valence-electron chi connectivity index (χ1n) is 8.76. The zero-order valence-electron chi connectivity index (χ0n) is 14.7. The van der Waals surface area contributed by atoms with Crippen LogP contribution >= 0.6 is 0 Å². The number of nitrogens with one attached hydrogen (secondary N) is 1. The van der Waals surface area contributed by atoms with Gasteiger partial charge in [-0.25, -0.2) is 4.98 Å². The second-order valence-electron chi connectivity index (χ2n) is 6.74. The van der Waals surface area contributed by atoms with Crippen LogP contribution in [0.5, 0.6) is 0 Å². The lowest BCUT2D eigenvalue weighted by Gasteiger charge is -2.35. The first-order chi connectivity index (χ1) is 12.0. The van der Waals surface area contributed by atoms with Gasteiger partial charge in [-0.2, -0.15) is 0 Å². The Morgan fingerprint density at radius 1 is 1.16 bits per heavy atom. The first kappa shape index (κ1) is 17.4. The molecule has 6 heteroatoms. The predicted molar refractivity (Wildman–Crippen MR) is 99.7 cm³/mol. The molecule has 1 aromatic heterocycles. The Kier molecular flexibility index (Phi) is 5.28.